The van der Waals surface area contributed by atoms with Crippen LogP contribution in [0.1, 0.15) is 31.9 Å². The zero-order valence-corrected chi connectivity index (χ0v) is 12.0. The van der Waals surface area contributed by atoms with Gasteiger partial charge in [0.15, 0.2) is 0 Å². The molecule has 0 saturated carbocycles. The van der Waals surface area contributed by atoms with Crippen molar-refractivity contribution in [2.24, 2.45) is 0 Å². The highest BCUT2D eigenvalue weighted by Crippen LogP contribution is 2.24. The number of allylic oxidation sites excluding steroid dienone is 3. The number of carbonyl (C=O) groups excluding carboxylic acids is 1. The Balaban J connectivity index is 2.11. The predicted octanol–water partition coefficient (Wildman–Crippen LogP) is 2.82. The van der Waals surface area contributed by atoms with Gasteiger partial charge in [0.25, 0.3) is 0 Å². The van der Waals surface area contributed by atoms with Gasteiger partial charge in [0.05, 0.1) is 19.4 Å². The van der Waals surface area contributed by atoms with Gasteiger partial charge in [-0.15, -0.1) is 0 Å². The smallest absolute Gasteiger partial charge is 0.349 e. The van der Waals surface area contributed by atoms with E-state index in [2.05, 4.69) is 5.32 Å². The number of esters is 1. The fraction of sp³-hybridized carbons (Fsp3) is 0.375. The highest BCUT2D eigenvalue weighted by Gasteiger charge is 2.18. The van der Waals surface area contributed by atoms with Crippen LogP contribution in [-0.4, -0.2) is 12.6 Å². The molecule has 1 aromatic rings. The lowest BCUT2D eigenvalue weighted by molar-refractivity contribution is -0.138. The lowest BCUT2D eigenvalue weighted by atomic mass is 9.95. The van der Waals surface area contributed by atoms with E-state index in [9.17, 15) is 4.79 Å². The fourth-order valence-corrected chi connectivity index (χ4v) is 2.23. The van der Waals surface area contributed by atoms with Crippen molar-refractivity contribution in [2.45, 2.75) is 32.7 Å². The maximum atomic E-state index is 11.8. The van der Waals surface area contributed by atoms with Gasteiger partial charge in [0.2, 0.25) is 0 Å². The Hall–Kier alpha value is -2.48. The van der Waals surface area contributed by atoms with Crippen LogP contribution in [0.5, 0.6) is 0 Å². The predicted molar refractivity (Wildman–Crippen MR) is 76.8 cm³/mol. The molecule has 0 spiro atoms. The lowest BCUT2D eigenvalue weighted by Crippen LogP contribution is -2.16. The molecular weight excluding hydrogens is 268 g/mol. The molecule has 5 nitrogen and oxygen atoms in total. The van der Waals surface area contributed by atoms with E-state index in [-0.39, 0.29) is 12.2 Å². The van der Waals surface area contributed by atoms with Crippen LogP contribution >= 0.6 is 0 Å². The first-order valence-corrected chi connectivity index (χ1v) is 7.01. The molecule has 110 valence electrons. The summed E-state index contributed by atoms with van der Waals surface area (Å²) in [7, 11) is 0. The van der Waals surface area contributed by atoms with Crippen molar-refractivity contribution < 1.29 is 13.9 Å². The molecule has 1 heterocycles. The largest absolute Gasteiger partial charge is 0.467 e. The molecular formula is C16H18N2O3. The van der Waals surface area contributed by atoms with E-state index in [1.54, 1.807) is 13.2 Å². The Kier molecular flexibility index (Phi) is 5.22. The number of ether oxygens (including phenoxy) is 1. The average Bonchev–Trinajstić information content (AvgIpc) is 3.00. The number of rotatable bonds is 5. The normalized spacial score (nSPS) is 16.7. The molecule has 1 aliphatic rings. The van der Waals surface area contributed by atoms with Crippen molar-refractivity contribution in [1.82, 2.24) is 5.32 Å². The van der Waals surface area contributed by atoms with Crippen LogP contribution in [0.3, 0.4) is 0 Å². The van der Waals surface area contributed by atoms with Crippen LogP contribution in [0.2, 0.25) is 0 Å². The topological polar surface area (TPSA) is 75.3 Å². The highest BCUT2D eigenvalue weighted by molar-refractivity contribution is 5.94. The Labute approximate surface area is 123 Å². The first-order valence-electron chi connectivity index (χ1n) is 7.01. The van der Waals surface area contributed by atoms with E-state index in [1.165, 1.54) is 0 Å². The van der Waals surface area contributed by atoms with Gasteiger partial charge in [-0.3, -0.25) is 0 Å². The molecule has 1 N–H and O–H groups in total. The molecule has 0 aliphatic heterocycles. The second kappa shape index (κ2) is 7.34. The fourth-order valence-electron chi connectivity index (χ4n) is 2.23. The molecule has 0 atom stereocenters. The Morgan fingerprint density at radius 3 is 3.05 bits per heavy atom. The van der Waals surface area contributed by atoms with Crippen molar-refractivity contribution >= 4 is 5.97 Å². The summed E-state index contributed by atoms with van der Waals surface area (Å²) in [6.07, 6.45) is 6.02. The Morgan fingerprint density at radius 1 is 1.52 bits per heavy atom. The first-order chi connectivity index (χ1) is 10.2. The Bertz CT molecular complexity index is 592. The molecule has 0 aromatic carbocycles. The second-order valence-electron chi connectivity index (χ2n) is 4.69. The summed E-state index contributed by atoms with van der Waals surface area (Å²) in [6.45, 7) is 2.59. The summed E-state index contributed by atoms with van der Waals surface area (Å²) < 4.78 is 10.2. The summed E-state index contributed by atoms with van der Waals surface area (Å²) in [6, 6.07) is 5.70. The monoisotopic (exact) mass is 286 g/mol. The van der Waals surface area contributed by atoms with Gasteiger partial charge >= 0.3 is 5.97 Å². The molecule has 0 bridgehead atoms. The summed E-state index contributed by atoms with van der Waals surface area (Å²) in [5, 5.41) is 12.4. The number of carbonyl (C=O) groups is 1. The van der Waals surface area contributed by atoms with Crippen LogP contribution < -0.4 is 5.32 Å². The minimum absolute atomic E-state index is 0.105. The van der Waals surface area contributed by atoms with Gasteiger partial charge in [-0.1, -0.05) is 0 Å². The SMILES string of the molecule is CCOC(=O)/C(C#N)=C1\C=C(NCc2ccco2)CCC1. The minimum Gasteiger partial charge on any atom is -0.467 e. The standard InChI is InChI=1S/C16H18N2O3/c1-2-20-16(19)15(10-17)12-5-3-6-13(9-12)18-11-14-7-4-8-21-14/h4,7-9,18H,2-3,5-6,11H2,1H3/b15-12-. The number of hydrogen-bond acceptors (Lipinski definition) is 5. The summed E-state index contributed by atoms with van der Waals surface area (Å²) in [4.78, 5) is 11.8. The number of nitriles is 1. The first kappa shape index (κ1) is 14.9. The van der Waals surface area contributed by atoms with Crippen molar-refractivity contribution in [2.75, 3.05) is 6.61 Å². The van der Waals surface area contributed by atoms with E-state index >= 15 is 0 Å². The molecule has 1 aromatic heterocycles. The van der Waals surface area contributed by atoms with Crippen LogP contribution in [0, 0.1) is 11.3 Å². The van der Waals surface area contributed by atoms with Gasteiger partial charge in [0, 0.05) is 5.70 Å². The van der Waals surface area contributed by atoms with Crippen molar-refractivity contribution in [3.8, 4) is 6.07 Å². The number of nitrogens with zero attached hydrogens (tertiary/aromatic N) is 1. The van der Waals surface area contributed by atoms with E-state index < -0.39 is 5.97 Å². The third-order valence-corrected chi connectivity index (χ3v) is 3.22. The zero-order valence-electron chi connectivity index (χ0n) is 12.0. The minimum atomic E-state index is -0.543. The van der Waals surface area contributed by atoms with Crippen molar-refractivity contribution in [3.63, 3.8) is 0 Å². The summed E-state index contributed by atoms with van der Waals surface area (Å²) >= 11 is 0. The van der Waals surface area contributed by atoms with Crippen LogP contribution in [0.15, 0.2) is 45.7 Å². The molecule has 1 aliphatic carbocycles. The van der Waals surface area contributed by atoms with Gasteiger partial charge in [0.1, 0.15) is 17.4 Å². The third-order valence-electron chi connectivity index (χ3n) is 3.22. The number of hydrogen-bond donors (Lipinski definition) is 1. The van der Waals surface area contributed by atoms with E-state index in [4.69, 9.17) is 14.4 Å². The molecule has 21 heavy (non-hydrogen) atoms. The maximum absolute atomic E-state index is 11.8. The molecule has 0 unspecified atom stereocenters. The molecule has 0 saturated heterocycles. The van der Waals surface area contributed by atoms with E-state index in [0.29, 0.717) is 13.0 Å². The summed E-state index contributed by atoms with van der Waals surface area (Å²) in [5.41, 5.74) is 1.85. The van der Waals surface area contributed by atoms with E-state index in [0.717, 1.165) is 29.9 Å². The highest BCUT2D eigenvalue weighted by atomic mass is 16.5. The van der Waals surface area contributed by atoms with Crippen LogP contribution in [0.4, 0.5) is 0 Å². The number of nitrogens with one attached hydrogen (secondary N) is 1. The lowest BCUT2D eigenvalue weighted by Gasteiger charge is -2.17. The molecule has 2 rings (SSSR count). The summed E-state index contributed by atoms with van der Waals surface area (Å²) in [5.74, 6) is 0.302. The Morgan fingerprint density at radius 2 is 2.38 bits per heavy atom. The molecule has 0 radical (unpaired) electrons. The zero-order chi connectivity index (χ0) is 15.1. The van der Waals surface area contributed by atoms with Crippen LogP contribution in [-0.2, 0) is 16.1 Å². The third kappa shape index (κ3) is 3.99. The van der Waals surface area contributed by atoms with Crippen molar-refractivity contribution in [1.29, 1.82) is 5.26 Å². The molecule has 5 heteroatoms. The van der Waals surface area contributed by atoms with E-state index in [1.807, 2.05) is 24.3 Å². The van der Waals surface area contributed by atoms with Gasteiger partial charge in [-0.2, -0.15) is 5.26 Å². The van der Waals surface area contributed by atoms with Crippen molar-refractivity contribution in [3.05, 3.63) is 47.1 Å². The maximum Gasteiger partial charge on any atom is 0.349 e. The second-order valence-corrected chi connectivity index (χ2v) is 4.69. The number of furan rings is 1. The molecule has 0 fully saturated rings. The van der Waals surface area contributed by atoms with Gasteiger partial charge in [-0.25, -0.2) is 4.79 Å². The van der Waals surface area contributed by atoms with Gasteiger partial charge < -0.3 is 14.5 Å². The molecule has 0 amide bonds. The quantitative estimate of drug-likeness (QED) is 0.512. The van der Waals surface area contributed by atoms with Gasteiger partial charge in [-0.05, 0) is 50.0 Å². The average molecular weight is 286 g/mol. The van der Waals surface area contributed by atoms with Crippen LogP contribution in [0.25, 0.3) is 0 Å².